The number of carbonyl (C=O) groups excluding carboxylic acids is 1. The van der Waals surface area contributed by atoms with Gasteiger partial charge in [0.15, 0.2) is 0 Å². The smallest absolute Gasteiger partial charge is 0.407 e. The van der Waals surface area contributed by atoms with Crippen molar-refractivity contribution in [1.29, 1.82) is 0 Å². The van der Waals surface area contributed by atoms with Gasteiger partial charge < -0.3 is 15.2 Å². The fourth-order valence-electron chi connectivity index (χ4n) is 2.18. The monoisotopic (exact) mass is 325 g/mol. The molecule has 24 heavy (non-hydrogen) atoms. The number of nitrogens with one attached hydrogen (secondary N) is 1. The highest BCUT2D eigenvalue weighted by molar-refractivity contribution is 5.92. The van der Waals surface area contributed by atoms with Crippen molar-refractivity contribution in [2.24, 2.45) is 0 Å². The standard InChI is InChI=1S/C19H19NO4/c1-14-7-5-10-17(18(21)22)16(14)11-6-12-20-19(23)24-13-15-8-3-2-4-9-15/h2-11H,12-13H2,1H3,(H,20,23)(H,21,22). The number of carbonyl (C=O) groups is 2. The molecule has 2 aromatic rings. The van der Waals surface area contributed by atoms with Gasteiger partial charge in [-0.2, -0.15) is 0 Å². The average molecular weight is 325 g/mol. The van der Waals surface area contributed by atoms with Gasteiger partial charge in [0.05, 0.1) is 5.56 Å². The molecule has 124 valence electrons. The van der Waals surface area contributed by atoms with E-state index in [4.69, 9.17) is 4.74 Å². The Kier molecular flexibility index (Phi) is 6.14. The van der Waals surface area contributed by atoms with Crippen LogP contribution in [0.3, 0.4) is 0 Å². The molecule has 2 aromatic carbocycles. The van der Waals surface area contributed by atoms with Crippen LogP contribution in [0, 0.1) is 6.92 Å². The van der Waals surface area contributed by atoms with Crippen LogP contribution in [0.2, 0.25) is 0 Å². The van der Waals surface area contributed by atoms with Crippen LogP contribution in [0.1, 0.15) is 27.0 Å². The van der Waals surface area contributed by atoms with Gasteiger partial charge in [-0.25, -0.2) is 9.59 Å². The van der Waals surface area contributed by atoms with Crippen LogP contribution in [0.4, 0.5) is 4.79 Å². The molecule has 0 aliphatic carbocycles. The third-order valence-corrected chi connectivity index (χ3v) is 3.42. The van der Waals surface area contributed by atoms with E-state index in [2.05, 4.69) is 5.32 Å². The topological polar surface area (TPSA) is 75.6 Å². The van der Waals surface area contributed by atoms with Crippen molar-refractivity contribution in [3.8, 4) is 0 Å². The molecular formula is C19H19NO4. The van der Waals surface area contributed by atoms with Crippen LogP contribution in [-0.4, -0.2) is 23.7 Å². The van der Waals surface area contributed by atoms with Crippen molar-refractivity contribution in [3.63, 3.8) is 0 Å². The van der Waals surface area contributed by atoms with Crippen LogP contribution in [0.5, 0.6) is 0 Å². The molecule has 0 bridgehead atoms. The van der Waals surface area contributed by atoms with Crippen LogP contribution >= 0.6 is 0 Å². The Labute approximate surface area is 140 Å². The Balaban J connectivity index is 1.84. The van der Waals surface area contributed by atoms with Crippen molar-refractivity contribution in [3.05, 3.63) is 76.9 Å². The van der Waals surface area contributed by atoms with Crippen molar-refractivity contribution in [2.45, 2.75) is 13.5 Å². The molecule has 5 heteroatoms. The molecule has 0 atom stereocenters. The molecule has 1 amide bonds. The van der Waals surface area contributed by atoms with Crippen molar-refractivity contribution in [2.75, 3.05) is 6.54 Å². The average Bonchev–Trinajstić information content (AvgIpc) is 2.58. The Hall–Kier alpha value is -3.08. The molecule has 0 saturated carbocycles. The van der Waals surface area contributed by atoms with Gasteiger partial charge in [0.2, 0.25) is 0 Å². The van der Waals surface area contributed by atoms with E-state index < -0.39 is 12.1 Å². The number of benzene rings is 2. The van der Waals surface area contributed by atoms with Gasteiger partial charge in [-0.15, -0.1) is 0 Å². The van der Waals surface area contributed by atoms with E-state index in [-0.39, 0.29) is 18.7 Å². The molecule has 2 N–H and O–H groups in total. The number of ether oxygens (including phenoxy) is 1. The first-order valence-corrected chi connectivity index (χ1v) is 7.52. The van der Waals surface area contributed by atoms with Crippen LogP contribution in [0.15, 0.2) is 54.6 Å². The first-order chi connectivity index (χ1) is 11.6. The highest BCUT2D eigenvalue weighted by atomic mass is 16.5. The number of carboxylic acid groups (broad SMARTS) is 1. The van der Waals surface area contributed by atoms with Gasteiger partial charge in [-0.05, 0) is 29.7 Å². The van der Waals surface area contributed by atoms with Gasteiger partial charge in [-0.1, -0.05) is 54.6 Å². The Morgan fingerprint density at radius 2 is 1.88 bits per heavy atom. The summed E-state index contributed by atoms with van der Waals surface area (Å²) in [5.41, 5.74) is 2.63. The molecule has 0 aliphatic rings. The maximum atomic E-state index is 11.6. The summed E-state index contributed by atoms with van der Waals surface area (Å²) in [7, 11) is 0. The summed E-state index contributed by atoms with van der Waals surface area (Å²) in [5.74, 6) is -0.978. The minimum Gasteiger partial charge on any atom is -0.478 e. The van der Waals surface area contributed by atoms with E-state index in [0.29, 0.717) is 5.56 Å². The molecule has 0 radical (unpaired) electrons. The summed E-state index contributed by atoms with van der Waals surface area (Å²) in [5, 5.41) is 11.8. The second-order valence-electron chi connectivity index (χ2n) is 5.19. The van der Waals surface area contributed by atoms with Crippen molar-refractivity contribution in [1.82, 2.24) is 5.32 Å². The third kappa shape index (κ3) is 4.98. The number of hydrogen-bond donors (Lipinski definition) is 2. The molecule has 0 spiro atoms. The lowest BCUT2D eigenvalue weighted by molar-refractivity contribution is 0.0696. The van der Waals surface area contributed by atoms with Crippen molar-refractivity contribution >= 4 is 18.1 Å². The number of hydrogen-bond acceptors (Lipinski definition) is 3. The predicted molar refractivity (Wildman–Crippen MR) is 91.8 cm³/mol. The molecule has 0 aliphatic heterocycles. The van der Waals surface area contributed by atoms with E-state index >= 15 is 0 Å². The van der Waals surface area contributed by atoms with Gasteiger partial charge in [0.25, 0.3) is 0 Å². The summed E-state index contributed by atoms with van der Waals surface area (Å²) in [6.07, 6.45) is 2.86. The van der Waals surface area contributed by atoms with E-state index in [1.54, 1.807) is 24.3 Å². The number of aryl methyl sites for hydroxylation is 1. The molecule has 2 rings (SSSR count). The maximum absolute atomic E-state index is 11.6. The molecular weight excluding hydrogens is 306 g/mol. The Morgan fingerprint density at radius 3 is 2.58 bits per heavy atom. The SMILES string of the molecule is Cc1cccc(C(=O)O)c1C=CCNC(=O)OCc1ccccc1. The molecule has 0 fully saturated rings. The second-order valence-corrected chi connectivity index (χ2v) is 5.19. The number of alkyl carbamates (subject to hydrolysis) is 1. The van der Waals surface area contributed by atoms with Gasteiger partial charge in [0, 0.05) is 6.54 Å². The molecule has 0 saturated heterocycles. The largest absolute Gasteiger partial charge is 0.478 e. The lowest BCUT2D eigenvalue weighted by Crippen LogP contribution is -2.24. The van der Waals surface area contributed by atoms with E-state index in [0.717, 1.165) is 11.1 Å². The summed E-state index contributed by atoms with van der Waals surface area (Å²) in [6.45, 7) is 2.30. The number of aromatic carboxylic acids is 1. The van der Waals surface area contributed by atoms with E-state index in [1.165, 1.54) is 0 Å². The lowest BCUT2D eigenvalue weighted by Gasteiger charge is -2.06. The number of carboxylic acids is 1. The Morgan fingerprint density at radius 1 is 1.12 bits per heavy atom. The van der Waals surface area contributed by atoms with Gasteiger partial charge in [-0.3, -0.25) is 0 Å². The number of rotatable bonds is 6. The lowest BCUT2D eigenvalue weighted by atomic mass is 10.0. The minimum atomic E-state index is -0.978. The fourth-order valence-corrected chi connectivity index (χ4v) is 2.18. The minimum absolute atomic E-state index is 0.206. The molecule has 0 heterocycles. The molecule has 5 nitrogen and oxygen atoms in total. The number of amides is 1. The quantitative estimate of drug-likeness (QED) is 0.850. The van der Waals surface area contributed by atoms with Crippen molar-refractivity contribution < 1.29 is 19.4 Å². The van der Waals surface area contributed by atoms with E-state index in [9.17, 15) is 14.7 Å². The van der Waals surface area contributed by atoms with Crippen LogP contribution < -0.4 is 5.32 Å². The van der Waals surface area contributed by atoms with E-state index in [1.807, 2.05) is 43.3 Å². The zero-order valence-electron chi connectivity index (χ0n) is 13.4. The summed E-state index contributed by atoms with van der Waals surface area (Å²) >= 11 is 0. The highest BCUT2D eigenvalue weighted by Crippen LogP contribution is 2.16. The highest BCUT2D eigenvalue weighted by Gasteiger charge is 2.09. The fraction of sp³-hybridized carbons (Fsp3) is 0.158. The summed E-state index contributed by atoms with van der Waals surface area (Å²) in [6, 6.07) is 14.5. The predicted octanol–water partition coefficient (Wildman–Crippen LogP) is 3.63. The first kappa shape index (κ1) is 17.3. The third-order valence-electron chi connectivity index (χ3n) is 3.42. The summed E-state index contributed by atoms with van der Waals surface area (Å²) in [4.78, 5) is 22.8. The normalized spacial score (nSPS) is 10.5. The van der Waals surface area contributed by atoms with Gasteiger partial charge in [0.1, 0.15) is 6.61 Å². The maximum Gasteiger partial charge on any atom is 0.407 e. The van der Waals surface area contributed by atoms with Crippen LogP contribution in [-0.2, 0) is 11.3 Å². The molecule has 0 aromatic heterocycles. The zero-order chi connectivity index (χ0) is 17.4. The zero-order valence-corrected chi connectivity index (χ0v) is 13.4. The van der Waals surface area contributed by atoms with Crippen LogP contribution in [0.25, 0.3) is 6.08 Å². The van der Waals surface area contributed by atoms with Gasteiger partial charge >= 0.3 is 12.1 Å². The molecule has 0 unspecified atom stereocenters. The summed E-state index contributed by atoms with van der Waals surface area (Å²) < 4.78 is 5.09. The Bertz CT molecular complexity index is 738. The second kappa shape index (κ2) is 8.53. The first-order valence-electron chi connectivity index (χ1n) is 7.52.